The van der Waals surface area contributed by atoms with Gasteiger partial charge < -0.3 is 15.8 Å². The van der Waals surface area contributed by atoms with E-state index in [1.807, 2.05) is 25.1 Å². The summed E-state index contributed by atoms with van der Waals surface area (Å²) in [6.07, 6.45) is 1.73. The summed E-state index contributed by atoms with van der Waals surface area (Å²) in [7, 11) is 0. The van der Waals surface area contributed by atoms with Crippen molar-refractivity contribution in [3.8, 4) is 6.01 Å². The lowest BCUT2D eigenvalue weighted by atomic mass is 10.3. The fraction of sp³-hybridized carbons (Fsp3) is 0.273. The Hall–Kier alpha value is -2.44. The van der Waals surface area contributed by atoms with Gasteiger partial charge in [0.1, 0.15) is 0 Å². The third-order valence-corrected chi connectivity index (χ3v) is 2.06. The first-order valence-electron chi connectivity index (χ1n) is 5.56. The number of anilines is 2. The molecule has 2 rings (SSSR count). The molecule has 2 aromatic rings. The number of nitrogens with one attached hydrogen (secondary N) is 1. The van der Waals surface area contributed by atoms with Crippen molar-refractivity contribution < 1.29 is 4.74 Å². The van der Waals surface area contributed by atoms with Gasteiger partial charge in [-0.3, -0.25) is 4.98 Å². The van der Waals surface area contributed by atoms with E-state index in [1.54, 1.807) is 6.20 Å². The molecule has 0 aromatic carbocycles. The highest BCUT2D eigenvalue weighted by molar-refractivity contribution is 5.33. The Morgan fingerprint density at radius 3 is 2.89 bits per heavy atom. The second kappa shape index (κ2) is 5.76. The molecule has 0 saturated carbocycles. The van der Waals surface area contributed by atoms with Crippen LogP contribution in [-0.4, -0.2) is 26.5 Å². The van der Waals surface area contributed by atoms with Crippen LogP contribution in [0.4, 0.5) is 11.9 Å². The molecule has 0 aliphatic heterocycles. The number of rotatable bonds is 5. The Bertz CT molecular complexity index is 504. The summed E-state index contributed by atoms with van der Waals surface area (Å²) in [5.74, 6) is 0.494. The molecule has 0 atom stereocenters. The van der Waals surface area contributed by atoms with Crippen molar-refractivity contribution in [1.82, 2.24) is 19.9 Å². The van der Waals surface area contributed by atoms with Gasteiger partial charge >= 0.3 is 6.01 Å². The molecule has 0 radical (unpaired) electrons. The number of hydrogen-bond acceptors (Lipinski definition) is 7. The van der Waals surface area contributed by atoms with Gasteiger partial charge in [0.05, 0.1) is 18.8 Å². The van der Waals surface area contributed by atoms with Crippen LogP contribution in [0.5, 0.6) is 6.01 Å². The first-order chi connectivity index (χ1) is 8.78. The molecule has 2 aromatic heterocycles. The fourth-order valence-electron chi connectivity index (χ4n) is 1.32. The average molecular weight is 246 g/mol. The number of aromatic nitrogens is 4. The number of nitrogens with two attached hydrogens (primary N) is 1. The monoisotopic (exact) mass is 246 g/mol. The highest BCUT2D eigenvalue weighted by Gasteiger charge is 2.04. The van der Waals surface area contributed by atoms with Crippen molar-refractivity contribution in [2.24, 2.45) is 0 Å². The molecular weight excluding hydrogens is 232 g/mol. The SMILES string of the molecule is CCOc1nc(N)nc(NCc2ccccn2)n1. The normalized spacial score (nSPS) is 10.1. The lowest BCUT2D eigenvalue weighted by Gasteiger charge is -2.06. The lowest BCUT2D eigenvalue weighted by Crippen LogP contribution is -2.09. The minimum atomic E-state index is 0.122. The zero-order valence-corrected chi connectivity index (χ0v) is 10.00. The first kappa shape index (κ1) is 12.0. The van der Waals surface area contributed by atoms with E-state index in [2.05, 4.69) is 25.3 Å². The van der Waals surface area contributed by atoms with E-state index in [9.17, 15) is 0 Å². The predicted molar refractivity (Wildman–Crippen MR) is 67.0 cm³/mol. The maximum atomic E-state index is 5.56. The van der Waals surface area contributed by atoms with Crippen LogP contribution in [0.25, 0.3) is 0 Å². The van der Waals surface area contributed by atoms with Crippen molar-refractivity contribution in [2.45, 2.75) is 13.5 Å². The zero-order chi connectivity index (χ0) is 12.8. The third-order valence-electron chi connectivity index (χ3n) is 2.06. The molecule has 94 valence electrons. The highest BCUT2D eigenvalue weighted by atomic mass is 16.5. The second-order valence-electron chi connectivity index (χ2n) is 3.41. The van der Waals surface area contributed by atoms with Crippen molar-refractivity contribution >= 4 is 11.9 Å². The Morgan fingerprint density at radius 1 is 1.28 bits per heavy atom. The molecule has 7 nitrogen and oxygen atoms in total. The Balaban J connectivity index is 2.05. The Morgan fingerprint density at radius 2 is 2.17 bits per heavy atom. The van der Waals surface area contributed by atoms with Gasteiger partial charge in [0.15, 0.2) is 0 Å². The number of pyridine rings is 1. The summed E-state index contributed by atoms with van der Waals surface area (Å²) in [5, 5.41) is 3.02. The molecule has 0 fully saturated rings. The predicted octanol–water partition coefficient (Wildman–Crippen LogP) is 0.860. The maximum absolute atomic E-state index is 5.56. The van der Waals surface area contributed by atoms with Gasteiger partial charge in [-0.15, -0.1) is 0 Å². The molecule has 0 unspecified atom stereocenters. The average Bonchev–Trinajstić information content (AvgIpc) is 2.37. The van der Waals surface area contributed by atoms with Crippen LogP contribution in [-0.2, 0) is 6.54 Å². The summed E-state index contributed by atoms with van der Waals surface area (Å²) in [5.41, 5.74) is 6.44. The van der Waals surface area contributed by atoms with Crippen LogP contribution in [0.1, 0.15) is 12.6 Å². The Labute approximate surface area is 104 Å². The lowest BCUT2D eigenvalue weighted by molar-refractivity contribution is 0.312. The van der Waals surface area contributed by atoms with Gasteiger partial charge in [-0.05, 0) is 19.1 Å². The molecule has 7 heteroatoms. The number of hydrogen-bond donors (Lipinski definition) is 2. The summed E-state index contributed by atoms with van der Waals surface area (Å²) in [6, 6.07) is 5.89. The quantitative estimate of drug-likeness (QED) is 0.807. The van der Waals surface area contributed by atoms with E-state index in [0.717, 1.165) is 5.69 Å². The molecular formula is C11H14N6O. The number of nitrogen functional groups attached to an aromatic ring is 1. The summed E-state index contributed by atoms with van der Waals surface area (Å²) >= 11 is 0. The van der Waals surface area contributed by atoms with Gasteiger partial charge in [-0.2, -0.15) is 15.0 Å². The van der Waals surface area contributed by atoms with Crippen LogP contribution in [0.15, 0.2) is 24.4 Å². The van der Waals surface area contributed by atoms with Crippen LogP contribution in [0, 0.1) is 0 Å². The number of nitrogens with zero attached hydrogens (tertiary/aromatic N) is 4. The summed E-state index contributed by atoms with van der Waals surface area (Å²) in [4.78, 5) is 16.1. The van der Waals surface area contributed by atoms with Crippen LogP contribution in [0.3, 0.4) is 0 Å². The molecule has 0 bridgehead atoms. The third kappa shape index (κ3) is 3.27. The van der Waals surface area contributed by atoms with Crippen molar-refractivity contribution in [3.63, 3.8) is 0 Å². The molecule has 3 N–H and O–H groups in total. The molecule has 0 amide bonds. The molecule has 0 spiro atoms. The van der Waals surface area contributed by atoms with Crippen LogP contribution >= 0.6 is 0 Å². The van der Waals surface area contributed by atoms with E-state index >= 15 is 0 Å². The minimum absolute atomic E-state index is 0.122. The largest absolute Gasteiger partial charge is 0.464 e. The van der Waals surface area contributed by atoms with Crippen molar-refractivity contribution in [3.05, 3.63) is 30.1 Å². The van der Waals surface area contributed by atoms with E-state index in [-0.39, 0.29) is 12.0 Å². The van der Waals surface area contributed by atoms with Gasteiger partial charge in [0.25, 0.3) is 0 Å². The smallest absolute Gasteiger partial charge is 0.323 e. The van der Waals surface area contributed by atoms with Gasteiger partial charge in [0.2, 0.25) is 11.9 Å². The van der Waals surface area contributed by atoms with E-state index < -0.39 is 0 Å². The number of ether oxygens (including phenoxy) is 1. The van der Waals surface area contributed by atoms with Gasteiger partial charge in [-0.25, -0.2) is 0 Å². The first-order valence-corrected chi connectivity index (χ1v) is 5.56. The zero-order valence-electron chi connectivity index (χ0n) is 10.00. The van der Waals surface area contributed by atoms with Crippen LogP contribution in [0.2, 0.25) is 0 Å². The highest BCUT2D eigenvalue weighted by Crippen LogP contribution is 2.09. The van der Waals surface area contributed by atoms with Crippen molar-refractivity contribution in [1.29, 1.82) is 0 Å². The molecule has 0 saturated heterocycles. The molecule has 0 aliphatic rings. The minimum Gasteiger partial charge on any atom is -0.464 e. The maximum Gasteiger partial charge on any atom is 0.323 e. The van der Waals surface area contributed by atoms with E-state index in [4.69, 9.17) is 10.5 Å². The Kier molecular flexibility index (Phi) is 3.85. The second-order valence-corrected chi connectivity index (χ2v) is 3.41. The topological polar surface area (TPSA) is 98.8 Å². The summed E-state index contributed by atoms with van der Waals surface area (Å²) in [6.45, 7) is 2.83. The molecule has 0 aliphatic carbocycles. The molecule has 18 heavy (non-hydrogen) atoms. The van der Waals surface area contributed by atoms with Crippen LogP contribution < -0.4 is 15.8 Å². The summed E-state index contributed by atoms with van der Waals surface area (Å²) < 4.78 is 5.18. The van der Waals surface area contributed by atoms with E-state index in [1.165, 1.54) is 0 Å². The standard InChI is InChI=1S/C11H14N6O/c1-2-18-11-16-9(12)15-10(17-11)14-7-8-5-3-4-6-13-8/h3-6H,2,7H2,1H3,(H3,12,14,15,16,17). The van der Waals surface area contributed by atoms with Gasteiger partial charge in [-0.1, -0.05) is 6.07 Å². The van der Waals surface area contributed by atoms with Crippen molar-refractivity contribution in [2.75, 3.05) is 17.7 Å². The molecule has 2 heterocycles. The van der Waals surface area contributed by atoms with E-state index in [0.29, 0.717) is 19.1 Å². The van der Waals surface area contributed by atoms with Gasteiger partial charge in [0, 0.05) is 6.20 Å². The fourth-order valence-corrected chi connectivity index (χ4v) is 1.32.